The second-order valence-corrected chi connectivity index (χ2v) is 6.66. The van der Waals surface area contributed by atoms with Gasteiger partial charge in [0.25, 0.3) is 0 Å². The van der Waals surface area contributed by atoms with Gasteiger partial charge < -0.3 is 15.7 Å². The molecule has 1 N–H and O–H groups in total. The quantitative estimate of drug-likeness (QED) is 0.521. The smallest absolute Gasteiger partial charge is 0.854 e. The molecule has 10 radical (unpaired) electrons. The fourth-order valence-corrected chi connectivity index (χ4v) is 3.02. The molecule has 0 atom stereocenters. The summed E-state index contributed by atoms with van der Waals surface area (Å²) in [5.74, 6) is 2.35. The molecule has 0 aliphatic heterocycles. The van der Waals surface area contributed by atoms with Crippen LogP contribution in [0.2, 0.25) is 5.02 Å². The maximum atomic E-state index is 10.5. The van der Waals surface area contributed by atoms with Gasteiger partial charge >= 0.3 is 17.1 Å². The Bertz CT molecular complexity index is 719. The van der Waals surface area contributed by atoms with Crippen molar-refractivity contribution in [1.82, 2.24) is 10.3 Å². The average Bonchev–Trinajstić information content (AvgIpc) is 3.41. The Morgan fingerprint density at radius 1 is 0.966 bits per heavy atom. The minimum Gasteiger partial charge on any atom is -0.854 e. The van der Waals surface area contributed by atoms with Crippen molar-refractivity contribution in [3.63, 3.8) is 0 Å². The van der Waals surface area contributed by atoms with E-state index >= 15 is 0 Å². The number of hydrogen-bond acceptors (Lipinski definition) is 3. The normalized spacial score (nSPS) is 17.0. The summed E-state index contributed by atoms with van der Waals surface area (Å²) in [4.78, 5) is 4.33. The Kier molecular flexibility index (Phi) is 11.3. The van der Waals surface area contributed by atoms with Crippen LogP contribution >= 0.6 is 11.6 Å². The number of rotatable bonds is 7. The van der Waals surface area contributed by atoms with Crippen molar-refractivity contribution >= 4 is 28.2 Å². The predicted molar refractivity (Wildman–Crippen MR) is 113 cm³/mol. The van der Waals surface area contributed by atoms with Crippen molar-refractivity contribution in [2.45, 2.75) is 0 Å². The number of nitrogens with one attached hydrogen (secondary N) is 1. The molecule has 0 bridgehead atoms. The van der Waals surface area contributed by atoms with Crippen LogP contribution in [0.3, 0.4) is 0 Å². The van der Waals surface area contributed by atoms with Gasteiger partial charge in [0, 0.05) is 17.8 Å². The topological polar surface area (TPSA) is 62.1 Å². The van der Waals surface area contributed by atoms with Gasteiger partial charge in [-0.2, -0.15) is 0 Å². The summed E-state index contributed by atoms with van der Waals surface area (Å²) < 4.78 is 0. The average molecular weight is 448 g/mol. The fraction of sp³-hybridized carbons (Fsp3) is 0.174. The van der Waals surface area contributed by atoms with E-state index in [4.69, 9.17) is 16.9 Å². The van der Waals surface area contributed by atoms with Crippen LogP contribution < -0.4 is 10.4 Å². The predicted octanol–water partition coefficient (Wildman–Crippen LogP) is 3.64. The molecule has 0 unspecified atom stereocenters. The summed E-state index contributed by atoms with van der Waals surface area (Å²) in [7, 11) is 0. The number of nitrogens with zero attached hydrogens (tertiary/aromatic N) is 2. The van der Waals surface area contributed by atoms with Crippen LogP contribution in [0.1, 0.15) is 0 Å². The number of fused-ring (bicyclic) bond motifs is 1. The van der Waals surface area contributed by atoms with Gasteiger partial charge in [-0.25, -0.2) is 0 Å². The summed E-state index contributed by atoms with van der Waals surface area (Å²) in [6.45, 7) is 1.68. The van der Waals surface area contributed by atoms with Crippen molar-refractivity contribution in [2.75, 3.05) is 26.2 Å². The minimum atomic E-state index is -0.105. The van der Waals surface area contributed by atoms with Crippen LogP contribution in [-0.2, 0) is 17.1 Å². The van der Waals surface area contributed by atoms with Gasteiger partial charge in [-0.05, 0) is 87.3 Å². The molecule has 2 aliphatic rings. The molecule has 1 heterocycles. The molecule has 1 aromatic heterocycles. The first-order valence-corrected chi connectivity index (χ1v) is 9.56. The summed E-state index contributed by atoms with van der Waals surface area (Å²) >= 11 is 6.01. The number of pyridine rings is 1. The van der Waals surface area contributed by atoms with Crippen molar-refractivity contribution in [2.24, 2.45) is 0 Å². The summed E-state index contributed by atoms with van der Waals surface area (Å²) in [5.41, 5.74) is 1.75. The fourth-order valence-electron chi connectivity index (χ4n) is 2.85. The van der Waals surface area contributed by atoms with Crippen LogP contribution in [0.25, 0.3) is 16.2 Å². The van der Waals surface area contributed by atoms with E-state index in [1.807, 2.05) is 62.8 Å². The SMILES string of the molecule is [CH]1[CH][CH][CH][CH]1.[Fe+2].[O-]CCNC[C]1[CH][CH][CH][C]1C[N-]c1ccnc2cc(Cl)ccc12. The molecule has 2 fully saturated rings. The standard InChI is InChI=1S/C18H17ClN3O.C5H5.Fe/c19-15-4-5-16-17(6-7-21-18(16)10-15)22-12-14-3-1-2-13(14)11-20-8-9-23;1-2-4-5-3-1;/h1-7,10,20H,8-9,11-12H2;1-5H;/q-2;;+2. The van der Waals surface area contributed by atoms with Gasteiger partial charge in [-0.3, -0.25) is 4.98 Å². The summed E-state index contributed by atoms with van der Waals surface area (Å²) in [6.07, 6.45) is 17.9. The van der Waals surface area contributed by atoms with Gasteiger partial charge in [0.1, 0.15) is 0 Å². The van der Waals surface area contributed by atoms with E-state index in [1.165, 1.54) is 11.8 Å². The molecule has 4 nitrogen and oxygen atoms in total. The third kappa shape index (κ3) is 7.73. The number of benzene rings is 1. The first-order valence-electron chi connectivity index (χ1n) is 9.18. The molecule has 2 saturated carbocycles. The molecule has 29 heavy (non-hydrogen) atoms. The van der Waals surface area contributed by atoms with Crippen LogP contribution in [-0.4, -0.2) is 31.2 Å². The third-order valence-electron chi connectivity index (χ3n) is 4.26. The molecule has 1 aromatic carbocycles. The van der Waals surface area contributed by atoms with Gasteiger partial charge in [0.15, 0.2) is 0 Å². The van der Waals surface area contributed by atoms with E-state index in [0.717, 1.165) is 16.6 Å². The van der Waals surface area contributed by atoms with E-state index in [2.05, 4.69) is 23.1 Å². The third-order valence-corrected chi connectivity index (χ3v) is 4.49. The molecular weight excluding hydrogens is 426 g/mol. The molecule has 0 amide bonds. The number of aromatic nitrogens is 1. The maximum absolute atomic E-state index is 10.5. The summed E-state index contributed by atoms with van der Waals surface area (Å²) in [6, 6.07) is 7.56. The van der Waals surface area contributed by atoms with E-state index in [-0.39, 0.29) is 23.7 Å². The zero-order chi connectivity index (χ0) is 19.6. The molecule has 4 rings (SSSR count). The Morgan fingerprint density at radius 3 is 2.41 bits per heavy atom. The van der Waals surface area contributed by atoms with E-state index in [1.54, 1.807) is 6.20 Å². The Labute approximate surface area is 190 Å². The van der Waals surface area contributed by atoms with E-state index in [0.29, 0.717) is 24.7 Å². The van der Waals surface area contributed by atoms with Crippen LogP contribution in [0.15, 0.2) is 30.5 Å². The minimum absolute atomic E-state index is 0. The molecule has 6 heteroatoms. The van der Waals surface area contributed by atoms with Crippen LogP contribution in [0, 0.1) is 63.2 Å². The van der Waals surface area contributed by atoms with Crippen LogP contribution in [0.4, 0.5) is 5.69 Å². The second-order valence-electron chi connectivity index (χ2n) is 6.23. The molecule has 0 saturated heterocycles. The second kappa shape index (κ2) is 13.5. The first kappa shape index (κ1) is 24.4. The van der Waals surface area contributed by atoms with E-state index in [9.17, 15) is 5.11 Å². The number of hydrogen-bond donors (Lipinski definition) is 1. The molecule has 150 valence electrons. The molecule has 2 aromatic rings. The maximum Gasteiger partial charge on any atom is 2.00 e. The first-order chi connectivity index (χ1) is 13.8. The molecular formula is C23H22ClFeN3O. The van der Waals surface area contributed by atoms with Gasteiger partial charge in [0.2, 0.25) is 0 Å². The molecule has 2 aliphatic carbocycles. The van der Waals surface area contributed by atoms with Gasteiger partial charge in [-0.15, -0.1) is 18.8 Å². The zero-order valence-corrected chi connectivity index (χ0v) is 17.7. The van der Waals surface area contributed by atoms with Crippen molar-refractivity contribution in [3.8, 4) is 0 Å². The van der Waals surface area contributed by atoms with Crippen molar-refractivity contribution in [1.29, 1.82) is 0 Å². The summed E-state index contributed by atoms with van der Waals surface area (Å²) in [5, 5.41) is 20.0. The van der Waals surface area contributed by atoms with Gasteiger partial charge in [0.05, 0.1) is 5.52 Å². The van der Waals surface area contributed by atoms with E-state index < -0.39 is 0 Å². The van der Waals surface area contributed by atoms with Crippen LogP contribution in [0.5, 0.6) is 0 Å². The Balaban J connectivity index is 0.000000437. The van der Waals surface area contributed by atoms with Crippen molar-refractivity contribution in [3.05, 3.63) is 104 Å². The van der Waals surface area contributed by atoms with Crippen molar-refractivity contribution < 1.29 is 22.2 Å². The monoisotopic (exact) mass is 447 g/mol. The zero-order valence-electron chi connectivity index (χ0n) is 15.9. The Hall–Kier alpha value is -0.841. The van der Waals surface area contributed by atoms with Gasteiger partial charge in [-0.1, -0.05) is 23.7 Å². The number of halogens is 1. The Morgan fingerprint density at radius 2 is 1.69 bits per heavy atom. The largest absolute Gasteiger partial charge is 2.00 e. The molecule has 0 spiro atoms.